The molecule has 0 saturated heterocycles. The highest BCUT2D eigenvalue weighted by Gasteiger charge is 2.08. The fourth-order valence-corrected chi connectivity index (χ4v) is 2.46. The van der Waals surface area contributed by atoms with E-state index in [0.717, 1.165) is 11.0 Å². The molecule has 2 aromatic heterocycles. The van der Waals surface area contributed by atoms with E-state index in [9.17, 15) is 4.79 Å². The molecule has 0 bridgehead atoms. The van der Waals surface area contributed by atoms with Gasteiger partial charge in [-0.25, -0.2) is 4.98 Å². The van der Waals surface area contributed by atoms with E-state index in [4.69, 9.17) is 9.26 Å². The van der Waals surface area contributed by atoms with Crippen molar-refractivity contribution in [2.45, 2.75) is 13.5 Å². The number of aromatic nitrogens is 4. The van der Waals surface area contributed by atoms with E-state index < -0.39 is 0 Å². The Morgan fingerprint density at radius 2 is 2.08 bits per heavy atom. The molecule has 26 heavy (non-hydrogen) atoms. The third kappa shape index (κ3) is 3.39. The van der Waals surface area contributed by atoms with Crippen LogP contribution in [0.5, 0.6) is 5.75 Å². The molecule has 0 fully saturated rings. The van der Waals surface area contributed by atoms with E-state index in [1.165, 1.54) is 0 Å². The molecule has 130 valence electrons. The first kappa shape index (κ1) is 15.8. The zero-order chi connectivity index (χ0) is 17.9. The Morgan fingerprint density at radius 3 is 2.85 bits per heavy atom. The third-order valence-electron chi connectivity index (χ3n) is 3.73. The predicted molar refractivity (Wildman–Crippen MR) is 93.9 cm³/mol. The van der Waals surface area contributed by atoms with Crippen molar-refractivity contribution in [1.29, 1.82) is 0 Å². The van der Waals surface area contributed by atoms with Gasteiger partial charge in [0.25, 0.3) is 5.91 Å². The van der Waals surface area contributed by atoms with Crippen LogP contribution in [0.25, 0.3) is 11.0 Å². The number of amides is 1. The standard InChI is InChI=1S/C18H15N5O3/c1-11-21-17(23-26-11)9-25-14-5-3-13(4-6-14)22-18(24)12-2-7-15-16(8-12)20-10-19-15/h2-8,10H,9H2,1H3,(H,19,20)(H,22,24). The number of aromatic amines is 1. The Kier molecular flexibility index (Phi) is 4.06. The SMILES string of the molecule is Cc1nc(COc2ccc(NC(=O)c3ccc4nc[nH]c4c3)cc2)no1. The number of hydrogen-bond donors (Lipinski definition) is 2. The number of carbonyl (C=O) groups excluding carboxylic acids is 1. The summed E-state index contributed by atoms with van der Waals surface area (Å²) >= 11 is 0. The van der Waals surface area contributed by atoms with Crippen molar-refractivity contribution in [2.24, 2.45) is 0 Å². The Balaban J connectivity index is 1.39. The molecule has 0 atom stereocenters. The number of anilines is 1. The number of ether oxygens (including phenoxy) is 1. The van der Waals surface area contributed by atoms with Crippen LogP contribution in [0.3, 0.4) is 0 Å². The maximum Gasteiger partial charge on any atom is 0.255 e. The molecule has 2 N–H and O–H groups in total. The summed E-state index contributed by atoms with van der Waals surface area (Å²) in [6.45, 7) is 1.94. The number of nitrogens with zero attached hydrogens (tertiary/aromatic N) is 3. The average molecular weight is 349 g/mol. The summed E-state index contributed by atoms with van der Waals surface area (Å²) in [4.78, 5) is 23.6. The summed E-state index contributed by atoms with van der Waals surface area (Å²) in [5.41, 5.74) is 2.86. The predicted octanol–water partition coefficient (Wildman–Crippen LogP) is 3.09. The molecule has 4 rings (SSSR count). The van der Waals surface area contributed by atoms with Crippen LogP contribution in [0.4, 0.5) is 5.69 Å². The first-order valence-electron chi connectivity index (χ1n) is 7.94. The molecule has 0 unspecified atom stereocenters. The van der Waals surface area contributed by atoms with Crippen LogP contribution in [0, 0.1) is 6.92 Å². The van der Waals surface area contributed by atoms with E-state index in [2.05, 4.69) is 25.4 Å². The Labute approximate surface area is 148 Å². The monoisotopic (exact) mass is 349 g/mol. The fraction of sp³-hybridized carbons (Fsp3) is 0.111. The maximum absolute atomic E-state index is 12.4. The lowest BCUT2D eigenvalue weighted by Crippen LogP contribution is -2.11. The van der Waals surface area contributed by atoms with Gasteiger partial charge in [0.2, 0.25) is 11.7 Å². The van der Waals surface area contributed by atoms with Gasteiger partial charge in [0.05, 0.1) is 17.4 Å². The fourth-order valence-electron chi connectivity index (χ4n) is 2.46. The minimum absolute atomic E-state index is 0.197. The van der Waals surface area contributed by atoms with Gasteiger partial charge in [-0.15, -0.1) is 0 Å². The van der Waals surface area contributed by atoms with Gasteiger partial charge in [-0.2, -0.15) is 4.98 Å². The lowest BCUT2D eigenvalue weighted by atomic mass is 10.2. The Hall–Kier alpha value is -3.68. The van der Waals surface area contributed by atoms with Gasteiger partial charge in [-0.1, -0.05) is 5.16 Å². The molecule has 0 aliphatic rings. The number of imidazole rings is 1. The minimum Gasteiger partial charge on any atom is -0.485 e. The van der Waals surface area contributed by atoms with E-state index in [1.54, 1.807) is 55.7 Å². The second kappa shape index (κ2) is 6.67. The van der Waals surface area contributed by atoms with Gasteiger partial charge < -0.3 is 19.6 Å². The molecule has 2 aromatic carbocycles. The lowest BCUT2D eigenvalue weighted by molar-refractivity contribution is 0.102. The molecule has 0 saturated carbocycles. The van der Waals surface area contributed by atoms with Crippen molar-refractivity contribution in [2.75, 3.05) is 5.32 Å². The van der Waals surface area contributed by atoms with E-state index in [1.807, 2.05) is 0 Å². The van der Waals surface area contributed by atoms with Gasteiger partial charge in [0.15, 0.2) is 6.61 Å². The first-order valence-corrected chi connectivity index (χ1v) is 7.94. The van der Waals surface area contributed by atoms with E-state index in [0.29, 0.717) is 28.7 Å². The molecular formula is C18H15N5O3. The quantitative estimate of drug-likeness (QED) is 0.573. The third-order valence-corrected chi connectivity index (χ3v) is 3.73. The number of aryl methyl sites for hydroxylation is 1. The van der Waals surface area contributed by atoms with Crippen molar-refractivity contribution in [3.63, 3.8) is 0 Å². The van der Waals surface area contributed by atoms with Gasteiger partial charge in [-0.3, -0.25) is 4.79 Å². The first-order chi connectivity index (χ1) is 12.7. The normalized spacial score (nSPS) is 10.8. The second-order valence-electron chi connectivity index (χ2n) is 5.63. The Morgan fingerprint density at radius 1 is 1.23 bits per heavy atom. The van der Waals surface area contributed by atoms with E-state index in [-0.39, 0.29) is 12.5 Å². The van der Waals surface area contributed by atoms with Crippen molar-refractivity contribution >= 4 is 22.6 Å². The maximum atomic E-state index is 12.4. The zero-order valence-corrected chi connectivity index (χ0v) is 13.9. The largest absolute Gasteiger partial charge is 0.485 e. The van der Waals surface area contributed by atoms with Crippen molar-refractivity contribution < 1.29 is 14.1 Å². The summed E-state index contributed by atoms with van der Waals surface area (Å²) in [5.74, 6) is 1.42. The van der Waals surface area contributed by atoms with Crippen molar-refractivity contribution in [1.82, 2.24) is 20.1 Å². The number of hydrogen-bond acceptors (Lipinski definition) is 6. The van der Waals surface area contributed by atoms with Crippen LogP contribution >= 0.6 is 0 Å². The number of carbonyl (C=O) groups is 1. The van der Waals surface area contributed by atoms with Crippen LogP contribution in [0.1, 0.15) is 22.1 Å². The van der Waals surface area contributed by atoms with Gasteiger partial charge in [0, 0.05) is 18.2 Å². The highest BCUT2D eigenvalue weighted by molar-refractivity contribution is 6.05. The summed E-state index contributed by atoms with van der Waals surface area (Å²) in [5, 5.41) is 6.61. The van der Waals surface area contributed by atoms with Crippen LogP contribution in [-0.4, -0.2) is 26.0 Å². The number of benzene rings is 2. The molecule has 0 spiro atoms. The summed E-state index contributed by atoms with van der Waals surface area (Å²) in [6.07, 6.45) is 1.60. The zero-order valence-electron chi connectivity index (χ0n) is 13.9. The number of H-pyrrole nitrogens is 1. The molecule has 0 radical (unpaired) electrons. The van der Waals surface area contributed by atoms with Gasteiger partial charge in [0.1, 0.15) is 5.75 Å². The molecule has 0 aliphatic heterocycles. The molecule has 8 nitrogen and oxygen atoms in total. The topological polar surface area (TPSA) is 106 Å². The highest BCUT2D eigenvalue weighted by atomic mass is 16.5. The van der Waals surface area contributed by atoms with Crippen molar-refractivity contribution in [3.05, 3.63) is 66.1 Å². The van der Waals surface area contributed by atoms with Gasteiger partial charge in [-0.05, 0) is 42.5 Å². The Bertz CT molecular complexity index is 1050. The molecule has 2 heterocycles. The van der Waals surface area contributed by atoms with E-state index >= 15 is 0 Å². The van der Waals surface area contributed by atoms with Crippen LogP contribution < -0.4 is 10.1 Å². The van der Waals surface area contributed by atoms with Crippen molar-refractivity contribution in [3.8, 4) is 5.75 Å². The lowest BCUT2D eigenvalue weighted by Gasteiger charge is -2.07. The molecule has 1 amide bonds. The minimum atomic E-state index is -0.197. The van der Waals surface area contributed by atoms with Crippen LogP contribution in [0.2, 0.25) is 0 Å². The smallest absolute Gasteiger partial charge is 0.255 e. The molecular weight excluding hydrogens is 334 g/mol. The number of rotatable bonds is 5. The molecule has 8 heteroatoms. The average Bonchev–Trinajstić information content (AvgIpc) is 3.29. The van der Waals surface area contributed by atoms with Gasteiger partial charge >= 0.3 is 0 Å². The summed E-state index contributed by atoms with van der Waals surface area (Å²) in [6, 6.07) is 12.4. The van der Waals surface area contributed by atoms with Crippen LogP contribution in [0.15, 0.2) is 53.3 Å². The highest BCUT2D eigenvalue weighted by Crippen LogP contribution is 2.18. The number of fused-ring (bicyclic) bond motifs is 1. The summed E-state index contributed by atoms with van der Waals surface area (Å²) in [7, 11) is 0. The molecule has 0 aliphatic carbocycles. The summed E-state index contributed by atoms with van der Waals surface area (Å²) < 4.78 is 10.5. The molecule has 4 aromatic rings. The van der Waals surface area contributed by atoms with Crippen LogP contribution in [-0.2, 0) is 6.61 Å². The number of nitrogens with one attached hydrogen (secondary N) is 2. The second-order valence-corrected chi connectivity index (χ2v) is 5.63.